The number of halogens is 1. The number of nitrogens with one attached hydrogen (secondary N) is 1. The van der Waals surface area contributed by atoms with Crippen molar-refractivity contribution in [2.75, 3.05) is 11.4 Å². The smallest absolute Gasteiger partial charge is 0.325 e. The third kappa shape index (κ3) is 3.52. The molecule has 0 radical (unpaired) electrons. The number of carbonyl (C=O) groups is 3. The number of rotatable bonds is 4. The normalized spacial score (nSPS) is 19.4. The first-order chi connectivity index (χ1) is 9.88. The van der Waals surface area contributed by atoms with E-state index in [2.05, 4.69) is 5.32 Å². The van der Waals surface area contributed by atoms with Crippen molar-refractivity contribution in [3.8, 4) is 0 Å². The van der Waals surface area contributed by atoms with Crippen molar-refractivity contribution < 1.29 is 19.5 Å². The van der Waals surface area contributed by atoms with Crippen LogP contribution in [0.4, 0.5) is 5.69 Å². The van der Waals surface area contributed by atoms with E-state index in [1.165, 1.54) is 11.8 Å². The second kappa shape index (κ2) is 6.13. The Bertz CT molecular complexity index is 573. The fourth-order valence-electron chi connectivity index (χ4n) is 2.15. The molecular formula is C14H15ClN2O4. The monoisotopic (exact) mass is 310 g/mol. The van der Waals surface area contributed by atoms with Crippen LogP contribution in [-0.2, 0) is 14.4 Å². The lowest BCUT2D eigenvalue weighted by Crippen LogP contribution is -2.42. The second-order valence-corrected chi connectivity index (χ2v) is 5.39. The van der Waals surface area contributed by atoms with Crippen LogP contribution in [0.2, 0.25) is 5.02 Å². The molecule has 6 nitrogen and oxygen atoms in total. The summed E-state index contributed by atoms with van der Waals surface area (Å²) in [4.78, 5) is 36.2. The van der Waals surface area contributed by atoms with Crippen molar-refractivity contribution >= 4 is 35.1 Å². The number of carbonyl (C=O) groups excluding carboxylic acids is 2. The first-order valence-corrected chi connectivity index (χ1v) is 6.85. The van der Waals surface area contributed by atoms with Gasteiger partial charge >= 0.3 is 5.97 Å². The van der Waals surface area contributed by atoms with E-state index in [-0.39, 0.29) is 18.9 Å². The Morgan fingerprint density at radius 1 is 1.38 bits per heavy atom. The van der Waals surface area contributed by atoms with Crippen molar-refractivity contribution in [2.45, 2.75) is 19.4 Å². The van der Waals surface area contributed by atoms with Gasteiger partial charge in [0.05, 0.1) is 5.92 Å². The van der Waals surface area contributed by atoms with Gasteiger partial charge in [-0.1, -0.05) is 11.6 Å². The van der Waals surface area contributed by atoms with Gasteiger partial charge in [0.2, 0.25) is 11.8 Å². The van der Waals surface area contributed by atoms with E-state index in [0.29, 0.717) is 10.7 Å². The van der Waals surface area contributed by atoms with E-state index >= 15 is 0 Å². The van der Waals surface area contributed by atoms with Gasteiger partial charge in [-0.25, -0.2) is 0 Å². The number of anilines is 1. The number of hydrogen-bond acceptors (Lipinski definition) is 3. The van der Waals surface area contributed by atoms with Crippen LogP contribution in [0.15, 0.2) is 24.3 Å². The molecule has 1 fully saturated rings. The summed E-state index contributed by atoms with van der Waals surface area (Å²) in [5.41, 5.74) is 0.672. The summed E-state index contributed by atoms with van der Waals surface area (Å²) in [6, 6.07) is 5.78. The van der Waals surface area contributed by atoms with Gasteiger partial charge in [0, 0.05) is 23.7 Å². The topological polar surface area (TPSA) is 86.7 Å². The van der Waals surface area contributed by atoms with Crippen LogP contribution in [-0.4, -0.2) is 35.5 Å². The van der Waals surface area contributed by atoms with E-state index in [1.807, 2.05) is 0 Å². The quantitative estimate of drug-likeness (QED) is 0.877. The van der Waals surface area contributed by atoms with Gasteiger partial charge in [-0.15, -0.1) is 0 Å². The molecule has 1 saturated heterocycles. The number of amides is 2. The highest BCUT2D eigenvalue weighted by Gasteiger charge is 2.35. The van der Waals surface area contributed by atoms with Crippen molar-refractivity contribution in [2.24, 2.45) is 5.92 Å². The third-order valence-electron chi connectivity index (χ3n) is 3.36. The molecule has 0 spiro atoms. The van der Waals surface area contributed by atoms with Crippen molar-refractivity contribution in [1.29, 1.82) is 0 Å². The fourth-order valence-corrected chi connectivity index (χ4v) is 2.27. The molecule has 21 heavy (non-hydrogen) atoms. The largest absolute Gasteiger partial charge is 0.480 e. The van der Waals surface area contributed by atoms with Gasteiger partial charge < -0.3 is 15.3 Å². The maximum absolute atomic E-state index is 12.0. The molecule has 2 N–H and O–H groups in total. The van der Waals surface area contributed by atoms with E-state index in [4.69, 9.17) is 16.7 Å². The molecule has 1 unspecified atom stereocenters. The summed E-state index contributed by atoms with van der Waals surface area (Å²) in [7, 11) is 0. The Kier molecular flexibility index (Phi) is 4.47. The van der Waals surface area contributed by atoms with E-state index in [0.717, 1.165) is 0 Å². The summed E-state index contributed by atoms with van der Waals surface area (Å²) < 4.78 is 0. The van der Waals surface area contributed by atoms with Crippen LogP contribution in [0.1, 0.15) is 13.3 Å². The van der Waals surface area contributed by atoms with Gasteiger partial charge in [-0.2, -0.15) is 0 Å². The summed E-state index contributed by atoms with van der Waals surface area (Å²) in [6.45, 7) is 1.62. The fraction of sp³-hybridized carbons (Fsp3) is 0.357. The molecule has 2 amide bonds. The van der Waals surface area contributed by atoms with E-state index in [1.54, 1.807) is 24.3 Å². The Balaban J connectivity index is 2.04. The van der Waals surface area contributed by atoms with Gasteiger partial charge in [0.1, 0.15) is 6.04 Å². The molecule has 0 saturated carbocycles. The number of nitrogens with zero attached hydrogens (tertiary/aromatic N) is 1. The third-order valence-corrected chi connectivity index (χ3v) is 3.62. The van der Waals surface area contributed by atoms with Crippen LogP contribution >= 0.6 is 11.6 Å². The van der Waals surface area contributed by atoms with Crippen LogP contribution in [0.3, 0.4) is 0 Å². The average Bonchev–Trinajstić information content (AvgIpc) is 2.81. The molecule has 1 aliphatic heterocycles. The Morgan fingerprint density at radius 3 is 2.57 bits per heavy atom. The van der Waals surface area contributed by atoms with E-state index < -0.39 is 23.8 Å². The molecule has 2 rings (SSSR count). The van der Waals surface area contributed by atoms with Gasteiger partial charge in [-0.05, 0) is 31.2 Å². The molecule has 112 valence electrons. The van der Waals surface area contributed by atoms with Gasteiger partial charge in [-0.3, -0.25) is 14.4 Å². The second-order valence-electron chi connectivity index (χ2n) is 4.95. The lowest BCUT2D eigenvalue weighted by Gasteiger charge is -2.17. The number of carboxylic acids is 1. The Morgan fingerprint density at radius 2 is 2.00 bits per heavy atom. The number of aliphatic carboxylic acids is 1. The highest BCUT2D eigenvalue weighted by atomic mass is 35.5. The Hall–Kier alpha value is -2.08. The van der Waals surface area contributed by atoms with Crippen LogP contribution in [0.5, 0.6) is 0 Å². The zero-order chi connectivity index (χ0) is 15.6. The van der Waals surface area contributed by atoms with Crippen LogP contribution in [0, 0.1) is 5.92 Å². The molecule has 0 aliphatic carbocycles. The molecule has 7 heteroatoms. The lowest BCUT2D eigenvalue weighted by atomic mass is 10.1. The minimum Gasteiger partial charge on any atom is -0.480 e. The number of hydrogen-bond donors (Lipinski definition) is 2. The summed E-state index contributed by atoms with van der Waals surface area (Å²) in [6.07, 6.45) is 0.0702. The minimum atomic E-state index is -1.11. The summed E-state index contributed by atoms with van der Waals surface area (Å²) >= 11 is 5.80. The first kappa shape index (κ1) is 15.3. The minimum absolute atomic E-state index is 0.0702. The molecule has 1 aromatic rings. The average molecular weight is 311 g/mol. The van der Waals surface area contributed by atoms with Crippen LogP contribution < -0.4 is 10.2 Å². The molecule has 1 aliphatic rings. The maximum atomic E-state index is 12.0. The molecular weight excluding hydrogens is 296 g/mol. The number of carboxylic acid groups (broad SMARTS) is 1. The summed E-state index contributed by atoms with van der Waals surface area (Å²) in [5, 5.41) is 11.7. The van der Waals surface area contributed by atoms with Crippen molar-refractivity contribution in [3.05, 3.63) is 29.3 Å². The van der Waals surface area contributed by atoms with Gasteiger partial charge in [0.15, 0.2) is 0 Å². The number of benzene rings is 1. The summed E-state index contributed by atoms with van der Waals surface area (Å²) in [5.74, 6) is -2.24. The SMILES string of the molecule is C[C@H](NC(=O)C1CC(=O)N(c2ccc(Cl)cc2)C1)C(=O)O. The standard InChI is InChI=1S/C14H15ClN2O4/c1-8(14(20)21)16-13(19)9-6-12(18)17(7-9)11-4-2-10(15)3-5-11/h2-5,8-9H,6-7H2,1H3,(H,16,19)(H,20,21)/t8-,9?/m0/s1. The molecule has 0 aromatic heterocycles. The highest BCUT2D eigenvalue weighted by Crippen LogP contribution is 2.26. The zero-order valence-corrected chi connectivity index (χ0v) is 12.1. The van der Waals surface area contributed by atoms with Crippen molar-refractivity contribution in [3.63, 3.8) is 0 Å². The zero-order valence-electron chi connectivity index (χ0n) is 11.4. The highest BCUT2D eigenvalue weighted by molar-refractivity contribution is 6.30. The predicted octanol–water partition coefficient (Wildman–Crippen LogP) is 1.28. The first-order valence-electron chi connectivity index (χ1n) is 6.47. The molecule has 1 heterocycles. The lowest BCUT2D eigenvalue weighted by molar-refractivity contribution is -0.141. The molecule has 2 atom stereocenters. The van der Waals surface area contributed by atoms with Gasteiger partial charge in [0.25, 0.3) is 0 Å². The molecule has 0 bridgehead atoms. The maximum Gasteiger partial charge on any atom is 0.325 e. The van der Waals surface area contributed by atoms with Crippen LogP contribution in [0.25, 0.3) is 0 Å². The van der Waals surface area contributed by atoms with E-state index in [9.17, 15) is 14.4 Å². The predicted molar refractivity (Wildman–Crippen MR) is 77.2 cm³/mol. The van der Waals surface area contributed by atoms with Crippen molar-refractivity contribution in [1.82, 2.24) is 5.32 Å². The molecule has 1 aromatic carbocycles. The Labute approximate surface area is 126 Å².